The predicted molar refractivity (Wildman–Crippen MR) is 377 cm³/mol. The van der Waals surface area contributed by atoms with Gasteiger partial charge < -0.3 is 4.74 Å². The molecule has 1 aliphatic rings. The van der Waals surface area contributed by atoms with Gasteiger partial charge in [0, 0.05) is 31.3 Å². The molecule has 438 valence electrons. The molecule has 3 aromatic heterocycles. The molecule has 0 spiro atoms. The minimum atomic E-state index is -5.69. The first-order valence-electron chi connectivity index (χ1n) is 43.7. The lowest BCUT2D eigenvalue weighted by molar-refractivity contribution is -0.570. The topological polar surface area (TPSA) is 35.9 Å². The Hall–Kier alpha value is -10.1. The van der Waals surface area contributed by atoms with Gasteiger partial charge in [0.25, 0.3) is 6.33 Å². The fraction of sp³-hybridized carbons (Fsp3) is 0.143. The van der Waals surface area contributed by atoms with Crippen LogP contribution in [-0.4, -0.2) is 22.2 Å². The van der Waals surface area contributed by atoms with Crippen molar-refractivity contribution < 1.29 is 49.1 Å². The van der Waals surface area contributed by atoms with Gasteiger partial charge in [-0.2, -0.15) is 0 Å². The molecule has 0 saturated heterocycles. The smallest absolute Gasteiger partial charge is 0.269 e. The Kier molecular flexibility index (Phi) is 8.10. The average molecular weight is 1210 g/mol. The molecule has 1 aliphatic heterocycles. The Bertz CT molecular complexity index is 6480. The molecule has 90 heavy (non-hydrogen) atoms. The molecule has 0 atom stereocenters. The third-order valence-corrected chi connectivity index (χ3v) is 21.2. The molecule has 0 saturated carbocycles. The van der Waals surface area contributed by atoms with E-state index in [0.29, 0.717) is 17.1 Å². The van der Waals surface area contributed by atoms with Gasteiger partial charge in [-0.15, -0.1) is 0 Å². The van der Waals surface area contributed by atoms with Crippen LogP contribution in [0.4, 0.5) is 0 Å². The standard InChI is InChI=1S/C84H72N4OSi/c1-56-26-24-27-57(2)80(56)75-51-60(84(6,7)8)50-74-70-39-21-19-37-68(70)67-36-18-20-38-69(67)73-48-58(45-47-90(64-30-12-9-13-31-64,65-32-14-10-15-33-65)66-34-16-11-17-35-66)49-78-82(73)87(81(74)75)55-86(78)61-28-25-29-62(53-61)89-63-42-43-72-71-40-22-23-41-76(71)88(77(72)54-63)79-52-59(44-46-85-79)83(3,4)5/h9-44,46,48-54H,45,47H2,1-8H3/i1D3,2D3,9D,10D,11D,12D,13D,14D,15D,16D,17D,18D,19D,20D,21D,30D,31D,32D,33D,34D,35D,36D,37D,38D,39D. The number of aromatic nitrogens is 4. The minimum absolute atomic E-state index is 0.0104. The maximum atomic E-state index is 10.3. The Morgan fingerprint density at radius 2 is 1.07 bits per heavy atom. The molecular weight excluding hydrogens is 1110 g/mol. The largest absolute Gasteiger partial charge is 0.458 e. The van der Waals surface area contributed by atoms with Crippen molar-refractivity contribution in [2.45, 2.75) is 78.5 Å². The number of hydrogen-bond donors (Lipinski definition) is 0. The van der Waals surface area contributed by atoms with Gasteiger partial charge in [0.1, 0.15) is 25.4 Å². The first-order chi connectivity index (χ1) is 55.7. The number of imidazole rings is 1. The molecule has 0 bridgehead atoms. The van der Waals surface area contributed by atoms with Crippen LogP contribution in [0.2, 0.25) is 6.04 Å². The summed E-state index contributed by atoms with van der Waals surface area (Å²) in [4.78, 5) is 4.86. The fourth-order valence-corrected chi connectivity index (χ4v) is 16.3. The first-order valence-corrected chi connectivity index (χ1v) is 31.5. The van der Waals surface area contributed by atoms with Crippen LogP contribution in [0, 0.1) is 20.0 Å². The summed E-state index contributed by atoms with van der Waals surface area (Å²) in [6.07, 6.45) is 4.61. The van der Waals surface area contributed by atoms with Crippen LogP contribution in [0.3, 0.4) is 0 Å². The SMILES string of the molecule is [2H]c1c([2H])c([2H])c([Si](CCc2cc3c4c(c2)n(-c2cccc(Oc5ccc6c7ccccc7n(-c7cc(C(C)(C)C)ccn7)c6c5)c2)[c-][n+]4-c2c(-c4c(C([2H])([2H])[2H])cccc4C([2H])([2H])[2H])cc(C(C)(C)C)cc2-c2c([2H])c([2H])c([2H])c([2H])c2-c2c([2H])c([2H])c([2H])c([2H])c2-3)(c2c([2H])c([2H])c([2H])c([2H])c2[2H])c2c([2H])c([2H])c([2H])c([2H])c2[2H])c([2H])c1[2H]. The molecular formula is C84H72N4OSi. The number of fused-ring (bicyclic) bond motifs is 10. The van der Waals surface area contributed by atoms with Crippen LogP contribution in [0.1, 0.15) is 109 Å². The number of para-hydroxylation sites is 1. The monoisotopic (exact) mass is 1210 g/mol. The van der Waals surface area contributed by atoms with Crippen molar-refractivity contribution >= 4 is 56.5 Å². The number of benzene rings is 11. The van der Waals surface area contributed by atoms with Crippen molar-refractivity contribution in [3.8, 4) is 73.2 Å². The Balaban J connectivity index is 1.13. The quantitative estimate of drug-likeness (QED) is 0.0560. The second-order valence-corrected chi connectivity index (χ2v) is 28.2. The van der Waals surface area contributed by atoms with Gasteiger partial charge in [-0.1, -0.05) is 247 Å². The summed E-state index contributed by atoms with van der Waals surface area (Å²) < 4.78 is 287. The summed E-state index contributed by atoms with van der Waals surface area (Å²) in [5.41, 5.74) is -2.32. The number of aryl methyl sites for hydroxylation is 3. The highest BCUT2D eigenvalue weighted by molar-refractivity contribution is 7.11. The lowest BCUT2D eigenvalue weighted by atomic mass is 9.80. The Labute approximate surface area is 570 Å². The predicted octanol–water partition coefficient (Wildman–Crippen LogP) is 18.9. The van der Waals surface area contributed by atoms with E-state index < -0.39 is 228 Å². The van der Waals surface area contributed by atoms with E-state index in [1.54, 1.807) is 69.4 Å². The molecule has 14 aromatic rings. The molecule has 5 nitrogen and oxygen atoms in total. The van der Waals surface area contributed by atoms with E-state index in [1.165, 1.54) is 39.5 Å². The van der Waals surface area contributed by atoms with Gasteiger partial charge in [0.05, 0.1) is 65.0 Å². The normalized spacial score (nSPS) is 17.2. The Morgan fingerprint density at radius 3 is 1.70 bits per heavy atom. The number of pyridine rings is 1. The molecule has 0 aliphatic carbocycles. The zero-order chi connectivity index (χ0) is 86.5. The summed E-state index contributed by atoms with van der Waals surface area (Å²) in [7, 11) is -5.69. The van der Waals surface area contributed by atoms with E-state index in [9.17, 15) is 35.6 Å². The summed E-state index contributed by atoms with van der Waals surface area (Å²) in [5.74, 6) is 1.14. The van der Waals surface area contributed by atoms with Gasteiger partial charge in [-0.25, -0.2) is 4.98 Å². The average Bonchev–Trinajstić information content (AvgIpc) is 1.24. The van der Waals surface area contributed by atoms with Crippen LogP contribution < -0.4 is 24.9 Å². The second-order valence-electron chi connectivity index (χ2n) is 24.4. The van der Waals surface area contributed by atoms with Crippen molar-refractivity contribution in [1.29, 1.82) is 0 Å². The summed E-state index contributed by atoms with van der Waals surface area (Å²) in [6.45, 7) is 5.46. The summed E-state index contributed by atoms with van der Waals surface area (Å²) in [5, 5.41) is -0.496. The first kappa shape index (κ1) is 32.9. The lowest BCUT2D eigenvalue weighted by Gasteiger charge is -2.34. The van der Waals surface area contributed by atoms with E-state index >= 15 is 0 Å². The molecule has 6 heteroatoms. The van der Waals surface area contributed by atoms with E-state index in [4.69, 9.17) is 13.8 Å². The van der Waals surface area contributed by atoms with Crippen molar-refractivity contribution in [3.05, 3.63) is 301 Å². The van der Waals surface area contributed by atoms with Gasteiger partial charge in [0.2, 0.25) is 0 Å². The van der Waals surface area contributed by atoms with Crippen LogP contribution in [0.15, 0.2) is 266 Å². The number of rotatable bonds is 11. The molecule has 0 fully saturated rings. The second kappa shape index (κ2) is 22.2. The maximum Gasteiger partial charge on any atom is 0.269 e. The summed E-state index contributed by atoms with van der Waals surface area (Å²) >= 11 is 0. The number of ether oxygens (including phenoxy) is 1. The Morgan fingerprint density at radius 1 is 0.500 bits per heavy atom. The highest BCUT2D eigenvalue weighted by Crippen LogP contribution is 2.48. The van der Waals surface area contributed by atoms with Crippen molar-refractivity contribution in [3.63, 3.8) is 0 Å². The highest BCUT2D eigenvalue weighted by Gasteiger charge is 2.39. The van der Waals surface area contributed by atoms with Crippen molar-refractivity contribution in [2.75, 3.05) is 0 Å². The zero-order valence-corrected chi connectivity index (χ0v) is 50.7. The molecule has 0 amide bonds. The fourth-order valence-electron chi connectivity index (χ4n) is 12.5. The number of nitrogens with zero attached hydrogens (tertiary/aromatic N) is 4. The maximum absolute atomic E-state index is 10.3. The number of hydrogen-bond acceptors (Lipinski definition) is 2. The van der Waals surface area contributed by atoms with E-state index in [1.807, 2.05) is 53.1 Å². The summed E-state index contributed by atoms with van der Waals surface area (Å²) in [6, 6.07) is 11.2. The van der Waals surface area contributed by atoms with Crippen LogP contribution in [0.5, 0.6) is 11.5 Å². The molecule has 11 aromatic carbocycles. The van der Waals surface area contributed by atoms with Crippen molar-refractivity contribution in [1.82, 2.24) is 14.1 Å². The lowest BCUT2D eigenvalue weighted by Crippen LogP contribution is -2.67. The molecule has 4 heterocycles. The molecule has 0 N–H and O–H groups in total. The van der Waals surface area contributed by atoms with Gasteiger partial charge in [-0.05, 0) is 174 Å². The van der Waals surface area contributed by atoms with Gasteiger partial charge in [-0.3, -0.25) is 13.7 Å². The van der Waals surface area contributed by atoms with Crippen molar-refractivity contribution in [2.24, 2.45) is 0 Å². The third-order valence-electron chi connectivity index (χ3n) is 16.9. The molecule has 15 rings (SSSR count). The molecule has 0 radical (unpaired) electrons. The third kappa shape index (κ3) is 9.69. The molecule has 0 unspecified atom stereocenters. The zero-order valence-electron chi connectivity index (χ0n) is 78.7. The van der Waals surface area contributed by atoms with E-state index in [-0.39, 0.29) is 61.4 Å². The van der Waals surface area contributed by atoms with Gasteiger partial charge in [0.15, 0.2) is 0 Å². The van der Waals surface area contributed by atoms with E-state index in [2.05, 4.69) is 27.1 Å². The van der Waals surface area contributed by atoms with E-state index in [0.717, 1.165) is 27.4 Å². The van der Waals surface area contributed by atoms with Crippen LogP contribution in [0.25, 0.3) is 94.5 Å². The van der Waals surface area contributed by atoms with Crippen LogP contribution >= 0.6 is 0 Å². The highest BCUT2D eigenvalue weighted by atomic mass is 28.3. The van der Waals surface area contributed by atoms with Gasteiger partial charge >= 0.3 is 0 Å². The van der Waals surface area contributed by atoms with Crippen LogP contribution in [-0.2, 0) is 17.3 Å². The minimum Gasteiger partial charge on any atom is -0.458 e.